The van der Waals surface area contributed by atoms with Gasteiger partial charge in [0.2, 0.25) is 0 Å². The van der Waals surface area contributed by atoms with E-state index in [-0.39, 0.29) is 19.0 Å². The van der Waals surface area contributed by atoms with Crippen LogP contribution in [0.1, 0.15) is 96.8 Å². The molecule has 5 nitrogen and oxygen atoms in total. The molecule has 1 N–H and O–H groups in total. The van der Waals surface area contributed by atoms with E-state index in [0.29, 0.717) is 6.61 Å². The van der Waals surface area contributed by atoms with Gasteiger partial charge in [0.25, 0.3) is 0 Å². The largest absolute Gasteiger partial charge is 0.780 e. The zero-order chi connectivity index (χ0) is 20.5. The summed E-state index contributed by atoms with van der Waals surface area (Å²) in [5, 5.41) is 0. The van der Waals surface area contributed by atoms with Crippen LogP contribution in [0, 0.1) is 0 Å². The molecule has 1 saturated heterocycles. The Bertz CT molecular complexity index is 441. The Balaban J connectivity index is 1.83. The van der Waals surface area contributed by atoms with E-state index in [9.17, 15) is 4.89 Å². The van der Waals surface area contributed by atoms with Gasteiger partial charge in [-0.2, -0.15) is 0 Å². The maximum absolute atomic E-state index is 10.9. The van der Waals surface area contributed by atoms with Gasteiger partial charge in [-0.25, -0.2) is 0 Å². The van der Waals surface area contributed by atoms with Crippen LogP contribution in [-0.2, 0) is 25.8 Å². The predicted molar refractivity (Wildman–Crippen MR) is 117 cm³/mol. The average Bonchev–Trinajstić information content (AvgIpc) is 3.10. The molecule has 0 radical (unpaired) electrons. The van der Waals surface area contributed by atoms with E-state index in [1.807, 2.05) is 0 Å². The monoisotopic (exact) mass is 435 g/mol. The molecule has 0 amide bonds. The average molecular weight is 436 g/mol. The molecular formula is C21H40O5PS-. The van der Waals surface area contributed by atoms with Gasteiger partial charge in [-0.1, -0.05) is 82.2 Å². The lowest BCUT2D eigenvalue weighted by Gasteiger charge is -2.21. The minimum atomic E-state index is -3.85. The first-order valence-electron chi connectivity index (χ1n) is 11.1. The molecule has 7 heteroatoms. The molecule has 0 aromatic rings. The highest BCUT2D eigenvalue weighted by atomic mass is 32.5. The summed E-state index contributed by atoms with van der Waals surface area (Å²) in [4.78, 5) is 19.9. The minimum absolute atomic E-state index is 0.0150. The summed E-state index contributed by atoms with van der Waals surface area (Å²) in [6.07, 6.45) is 21.7. The summed E-state index contributed by atoms with van der Waals surface area (Å²) in [7, 11) is 0. The molecule has 0 aliphatic carbocycles. The van der Waals surface area contributed by atoms with E-state index in [4.69, 9.17) is 18.9 Å². The fourth-order valence-electron chi connectivity index (χ4n) is 3.31. The summed E-state index contributed by atoms with van der Waals surface area (Å²) in [6.45, 7) is -1.18. The molecule has 0 bridgehead atoms. The molecule has 1 unspecified atom stereocenters. The van der Waals surface area contributed by atoms with E-state index in [2.05, 4.69) is 30.9 Å². The van der Waals surface area contributed by atoms with Crippen molar-refractivity contribution in [1.29, 1.82) is 0 Å². The number of hydrogen-bond acceptors (Lipinski definition) is 5. The van der Waals surface area contributed by atoms with Crippen molar-refractivity contribution in [3.8, 4) is 0 Å². The van der Waals surface area contributed by atoms with Crippen LogP contribution < -0.4 is 4.89 Å². The van der Waals surface area contributed by atoms with Crippen molar-refractivity contribution in [2.45, 2.75) is 109 Å². The summed E-state index contributed by atoms with van der Waals surface area (Å²) in [5.41, 5.74) is 0. The molecular weight excluding hydrogens is 395 g/mol. The van der Waals surface area contributed by atoms with E-state index < -0.39 is 6.72 Å². The number of rotatable bonds is 18. The van der Waals surface area contributed by atoms with Crippen molar-refractivity contribution >= 4 is 18.5 Å². The Labute approximate surface area is 177 Å². The van der Waals surface area contributed by atoms with Crippen LogP contribution in [0.5, 0.6) is 0 Å². The third kappa shape index (κ3) is 16.0. The van der Waals surface area contributed by atoms with Gasteiger partial charge in [0, 0.05) is 0 Å². The SMILES string of the molecule is CCCCCCC/C=C/CCCCCCCC[C@@H]1OC[C@@H](COP([O-])(O)=S)O1. The maximum atomic E-state index is 10.9. The molecule has 0 aromatic carbocycles. The van der Waals surface area contributed by atoms with Crippen LogP contribution in [0.2, 0.25) is 0 Å². The van der Waals surface area contributed by atoms with Crippen molar-refractivity contribution in [2.24, 2.45) is 0 Å². The van der Waals surface area contributed by atoms with Crippen molar-refractivity contribution in [3.63, 3.8) is 0 Å². The van der Waals surface area contributed by atoms with Gasteiger partial charge in [0.1, 0.15) is 12.8 Å². The second-order valence-electron chi connectivity index (χ2n) is 7.66. The lowest BCUT2D eigenvalue weighted by Crippen LogP contribution is -2.20. The van der Waals surface area contributed by atoms with Crippen LogP contribution in [0.15, 0.2) is 12.2 Å². The Morgan fingerprint density at radius 3 is 2.18 bits per heavy atom. The standard InChI is InChI=1S/C21H41O5PS/c1-2-3-4-5-6-7-8-9-10-11-12-13-14-15-16-17-21-24-18-20(26-21)19-25-27(22,23)28/h8-9,20-21H,2-7,10-19H2,1H3,(H2,22,23,28)/p-1/b9-8+/t20-,21+/m0/s1. The molecule has 1 fully saturated rings. The second kappa shape index (κ2) is 16.9. The summed E-state index contributed by atoms with van der Waals surface area (Å²) < 4.78 is 15.9. The number of allylic oxidation sites excluding steroid dienone is 2. The highest BCUT2D eigenvalue weighted by Crippen LogP contribution is 2.32. The minimum Gasteiger partial charge on any atom is -0.780 e. The molecule has 3 atom stereocenters. The van der Waals surface area contributed by atoms with Gasteiger partial charge in [-0.15, -0.1) is 0 Å². The molecule has 1 aliphatic rings. The maximum Gasteiger partial charge on any atom is 0.158 e. The van der Waals surface area contributed by atoms with Crippen LogP contribution in [0.4, 0.5) is 0 Å². The zero-order valence-electron chi connectivity index (χ0n) is 17.6. The molecule has 0 spiro atoms. The van der Waals surface area contributed by atoms with Crippen LogP contribution >= 0.6 is 6.72 Å². The number of hydrogen-bond donors (Lipinski definition) is 1. The highest BCUT2D eigenvalue weighted by Gasteiger charge is 2.26. The lowest BCUT2D eigenvalue weighted by atomic mass is 10.1. The zero-order valence-corrected chi connectivity index (χ0v) is 19.3. The van der Waals surface area contributed by atoms with E-state index in [1.54, 1.807) is 0 Å². The quantitative estimate of drug-likeness (QED) is 0.178. The Kier molecular flexibility index (Phi) is 15.9. The predicted octanol–water partition coefficient (Wildman–Crippen LogP) is 5.36. The normalized spacial score (nSPS) is 22.1. The molecule has 28 heavy (non-hydrogen) atoms. The van der Waals surface area contributed by atoms with Crippen LogP contribution in [0.25, 0.3) is 0 Å². The van der Waals surface area contributed by atoms with Gasteiger partial charge < -0.3 is 23.8 Å². The van der Waals surface area contributed by atoms with Crippen molar-refractivity contribution < 1.29 is 23.8 Å². The second-order valence-corrected chi connectivity index (χ2v) is 10.2. The summed E-state index contributed by atoms with van der Waals surface area (Å²) in [6, 6.07) is 0. The third-order valence-electron chi connectivity index (χ3n) is 4.94. The van der Waals surface area contributed by atoms with Gasteiger partial charge in [0.15, 0.2) is 6.29 Å². The van der Waals surface area contributed by atoms with Crippen LogP contribution in [-0.4, -0.2) is 30.5 Å². The summed E-state index contributed by atoms with van der Waals surface area (Å²) in [5.74, 6) is 0. The highest BCUT2D eigenvalue weighted by molar-refractivity contribution is 8.06. The number of unbranched alkanes of at least 4 members (excludes halogenated alkanes) is 11. The molecule has 1 rings (SSSR count). The number of ether oxygens (including phenoxy) is 2. The van der Waals surface area contributed by atoms with Gasteiger partial charge in [-0.05, 0) is 38.5 Å². The Hall–Kier alpha value is 0.190. The Morgan fingerprint density at radius 1 is 1.00 bits per heavy atom. The van der Waals surface area contributed by atoms with Gasteiger partial charge in [-0.3, -0.25) is 0 Å². The first kappa shape index (κ1) is 26.2. The first-order valence-corrected chi connectivity index (χ1v) is 13.7. The fourth-order valence-corrected chi connectivity index (χ4v) is 3.84. The van der Waals surface area contributed by atoms with E-state index in [0.717, 1.165) is 12.8 Å². The third-order valence-corrected chi connectivity index (χ3v) is 5.73. The van der Waals surface area contributed by atoms with E-state index >= 15 is 0 Å². The fraction of sp³-hybridized carbons (Fsp3) is 0.905. The lowest BCUT2D eigenvalue weighted by molar-refractivity contribution is -0.203. The Morgan fingerprint density at radius 2 is 1.57 bits per heavy atom. The van der Waals surface area contributed by atoms with Crippen molar-refractivity contribution in [1.82, 2.24) is 0 Å². The van der Waals surface area contributed by atoms with Gasteiger partial charge in [0.05, 0.1) is 13.2 Å². The van der Waals surface area contributed by atoms with Gasteiger partial charge >= 0.3 is 0 Å². The molecule has 166 valence electrons. The molecule has 1 heterocycles. The van der Waals surface area contributed by atoms with Crippen molar-refractivity contribution in [3.05, 3.63) is 12.2 Å². The van der Waals surface area contributed by atoms with Crippen LogP contribution in [0.3, 0.4) is 0 Å². The first-order chi connectivity index (χ1) is 13.5. The molecule has 0 saturated carbocycles. The summed E-state index contributed by atoms with van der Waals surface area (Å²) >= 11 is 4.31. The topological polar surface area (TPSA) is 71.0 Å². The smallest absolute Gasteiger partial charge is 0.158 e. The van der Waals surface area contributed by atoms with E-state index in [1.165, 1.54) is 77.0 Å². The van der Waals surface area contributed by atoms with Crippen molar-refractivity contribution in [2.75, 3.05) is 13.2 Å². The molecule has 1 aliphatic heterocycles. The molecule has 0 aromatic heterocycles.